The average molecular weight is 279 g/mol. The van der Waals surface area contributed by atoms with E-state index in [4.69, 9.17) is 24.7 Å². The smallest absolute Gasteiger partial charge is 0.377 e. The van der Waals surface area contributed by atoms with Crippen molar-refractivity contribution in [1.82, 2.24) is 5.32 Å². The molecule has 0 aromatic heterocycles. The summed E-state index contributed by atoms with van der Waals surface area (Å²) < 4.78 is 16.1. The predicted octanol–water partition coefficient (Wildman–Crippen LogP) is -0.232. The van der Waals surface area contributed by atoms with Crippen molar-refractivity contribution in [1.29, 1.82) is 0 Å². The molecule has 0 bridgehead atoms. The van der Waals surface area contributed by atoms with Crippen molar-refractivity contribution in [3.63, 3.8) is 0 Å². The molecular weight excluding hydrogens is 250 g/mol. The number of nitrogens with two attached hydrogens (primary N) is 2. The highest BCUT2D eigenvalue weighted by molar-refractivity contribution is 6.60. The highest BCUT2D eigenvalue weighted by atomic mass is 28.4. The van der Waals surface area contributed by atoms with Gasteiger partial charge in [-0.05, 0) is 44.9 Å². The maximum Gasteiger partial charge on any atom is 0.500 e. The Balaban J connectivity index is 3.71. The molecular formula is C11H29N3O3Si. The normalized spacial score (nSPS) is 13.8. The molecule has 0 saturated carbocycles. The third-order valence-electron chi connectivity index (χ3n) is 3.11. The SMILES string of the molecule is CO[Si](CCCNCC(CN)CCN)(OC)OC. The van der Waals surface area contributed by atoms with Crippen molar-refractivity contribution in [3.8, 4) is 0 Å². The molecule has 110 valence electrons. The van der Waals surface area contributed by atoms with E-state index in [0.717, 1.165) is 32.0 Å². The molecule has 0 aromatic carbocycles. The molecule has 0 rings (SSSR count). The van der Waals surface area contributed by atoms with Crippen LogP contribution in [0.5, 0.6) is 0 Å². The van der Waals surface area contributed by atoms with Gasteiger partial charge in [-0.3, -0.25) is 0 Å². The lowest BCUT2D eigenvalue weighted by molar-refractivity contribution is 0.123. The second-order valence-electron chi connectivity index (χ2n) is 4.28. The zero-order valence-electron chi connectivity index (χ0n) is 11.9. The quantitative estimate of drug-likeness (QED) is 0.337. The molecule has 0 saturated heterocycles. The zero-order chi connectivity index (χ0) is 13.9. The van der Waals surface area contributed by atoms with Crippen LogP contribution in [0.4, 0.5) is 0 Å². The van der Waals surface area contributed by atoms with Gasteiger partial charge in [-0.2, -0.15) is 0 Å². The Morgan fingerprint density at radius 1 is 1.11 bits per heavy atom. The number of hydrogen-bond donors (Lipinski definition) is 3. The van der Waals surface area contributed by atoms with Crippen LogP contribution in [0.3, 0.4) is 0 Å². The molecule has 0 aliphatic heterocycles. The summed E-state index contributed by atoms with van der Waals surface area (Å²) in [6.07, 6.45) is 1.93. The van der Waals surface area contributed by atoms with Crippen LogP contribution in [0.15, 0.2) is 0 Å². The lowest BCUT2D eigenvalue weighted by Gasteiger charge is -2.24. The first-order chi connectivity index (χ1) is 8.67. The maximum atomic E-state index is 5.66. The van der Waals surface area contributed by atoms with Crippen molar-refractivity contribution in [2.75, 3.05) is 47.5 Å². The Morgan fingerprint density at radius 2 is 1.72 bits per heavy atom. The van der Waals surface area contributed by atoms with Crippen molar-refractivity contribution in [2.45, 2.75) is 18.9 Å². The van der Waals surface area contributed by atoms with Gasteiger partial charge in [-0.25, -0.2) is 0 Å². The van der Waals surface area contributed by atoms with Crippen LogP contribution in [-0.4, -0.2) is 56.3 Å². The molecule has 0 aromatic rings. The fourth-order valence-electron chi connectivity index (χ4n) is 1.83. The van der Waals surface area contributed by atoms with E-state index in [0.29, 0.717) is 19.0 Å². The topological polar surface area (TPSA) is 91.8 Å². The number of rotatable bonds is 12. The molecule has 0 spiro atoms. The van der Waals surface area contributed by atoms with E-state index in [1.165, 1.54) is 0 Å². The van der Waals surface area contributed by atoms with Crippen LogP contribution in [0, 0.1) is 5.92 Å². The van der Waals surface area contributed by atoms with Crippen LogP contribution in [0.2, 0.25) is 6.04 Å². The highest BCUT2D eigenvalue weighted by Crippen LogP contribution is 2.14. The molecule has 0 radical (unpaired) electrons. The van der Waals surface area contributed by atoms with Gasteiger partial charge in [0.2, 0.25) is 0 Å². The summed E-state index contributed by atoms with van der Waals surface area (Å²) in [7, 11) is 2.51. The Hall–Kier alpha value is -0.0231. The van der Waals surface area contributed by atoms with Gasteiger partial charge in [-0.15, -0.1) is 0 Å². The van der Waals surface area contributed by atoms with Crippen LogP contribution in [0.1, 0.15) is 12.8 Å². The van der Waals surface area contributed by atoms with Crippen LogP contribution in [0.25, 0.3) is 0 Å². The van der Waals surface area contributed by atoms with Gasteiger partial charge < -0.3 is 30.1 Å². The van der Waals surface area contributed by atoms with E-state index in [-0.39, 0.29) is 0 Å². The molecule has 0 aliphatic rings. The summed E-state index contributed by atoms with van der Waals surface area (Å²) in [5.41, 5.74) is 11.2. The Labute approximate surface area is 112 Å². The second-order valence-corrected chi connectivity index (χ2v) is 7.37. The van der Waals surface area contributed by atoms with Crippen molar-refractivity contribution in [2.24, 2.45) is 17.4 Å². The van der Waals surface area contributed by atoms with Crippen molar-refractivity contribution >= 4 is 8.80 Å². The highest BCUT2D eigenvalue weighted by Gasteiger charge is 2.36. The van der Waals surface area contributed by atoms with Crippen molar-refractivity contribution < 1.29 is 13.3 Å². The summed E-state index contributed by atoms with van der Waals surface area (Å²) in [6, 6.07) is 0.813. The summed E-state index contributed by atoms with van der Waals surface area (Å²) in [5.74, 6) is 0.462. The summed E-state index contributed by atoms with van der Waals surface area (Å²) in [5, 5.41) is 3.39. The van der Waals surface area contributed by atoms with Gasteiger partial charge in [0.05, 0.1) is 0 Å². The molecule has 1 atom stereocenters. The third kappa shape index (κ3) is 6.79. The van der Waals surface area contributed by atoms with Crippen LogP contribution < -0.4 is 16.8 Å². The van der Waals surface area contributed by atoms with E-state index in [2.05, 4.69) is 5.32 Å². The van der Waals surface area contributed by atoms with Gasteiger partial charge >= 0.3 is 8.80 Å². The van der Waals surface area contributed by atoms with Gasteiger partial charge in [0.25, 0.3) is 0 Å². The lowest BCUT2D eigenvalue weighted by Crippen LogP contribution is -2.43. The fraction of sp³-hybridized carbons (Fsp3) is 1.00. The first-order valence-corrected chi connectivity index (χ1v) is 8.37. The van der Waals surface area contributed by atoms with Crippen molar-refractivity contribution in [3.05, 3.63) is 0 Å². The average Bonchev–Trinajstić information content (AvgIpc) is 2.42. The van der Waals surface area contributed by atoms with E-state index in [1.807, 2.05) is 0 Å². The van der Waals surface area contributed by atoms with E-state index >= 15 is 0 Å². The summed E-state index contributed by atoms with van der Waals surface area (Å²) in [6.45, 7) is 3.19. The minimum atomic E-state index is -2.40. The molecule has 0 amide bonds. The van der Waals surface area contributed by atoms with Gasteiger partial charge in [0.15, 0.2) is 0 Å². The molecule has 0 heterocycles. The second kappa shape index (κ2) is 10.9. The van der Waals surface area contributed by atoms with Gasteiger partial charge in [-0.1, -0.05) is 0 Å². The molecule has 18 heavy (non-hydrogen) atoms. The number of hydrogen-bond acceptors (Lipinski definition) is 6. The Morgan fingerprint density at radius 3 is 2.17 bits per heavy atom. The molecule has 0 aliphatic carbocycles. The predicted molar refractivity (Wildman–Crippen MR) is 75.3 cm³/mol. The van der Waals surface area contributed by atoms with Gasteiger partial charge in [0.1, 0.15) is 0 Å². The zero-order valence-corrected chi connectivity index (χ0v) is 12.9. The standard InChI is InChI=1S/C11H29N3O3Si/c1-15-18(16-2,17-3)8-4-7-14-10-11(9-13)5-6-12/h11,14H,4-10,12-13H2,1-3H3. The molecule has 7 heteroatoms. The third-order valence-corrected chi connectivity index (χ3v) is 5.94. The minimum Gasteiger partial charge on any atom is -0.377 e. The van der Waals surface area contributed by atoms with E-state index in [1.54, 1.807) is 21.3 Å². The van der Waals surface area contributed by atoms with Gasteiger partial charge in [0, 0.05) is 27.4 Å². The Bertz CT molecular complexity index is 186. The Kier molecular flexibility index (Phi) is 10.8. The molecule has 0 fully saturated rings. The fourth-order valence-corrected chi connectivity index (χ4v) is 3.55. The minimum absolute atomic E-state index is 0.462. The monoisotopic (exact) mass is 279 g/mol. The molecule has 1 unspecified atom stereocenters. The molecule has 6 nitrogen and oxygen atoms in total. The molecule has 5 N–H and O–H groups in total. The first kappa shape index (κ1) is 18.0. The maximum absolute atomic E-state index is 5.66. The van der Waals surface area contributed by atoms with E-state index < -0.39 is 8.80 Å². The first-order valence-electron chi connectivity index (χ1n) is 6.44. The summed E-state index contributed by atoms with van der Waals surface area (Å²) in [4.78, 5) is 0. The largest absolute Gasteiger partial charge is 0.500 e. The van der Waals surface area contributed by atoms with E-state index in [9.17, 15) is 0 Å². The summed E-state index contributed by atoms with van der Waals surface area (Å²) >= 11 is 0. The lowest BCUT2D eigenvalue weighted by atomic mass is 10.1. The number of nitrogens with one attached hydrogen (secondary N) is 1. The van der Waals surface area contributed by atoms with Crippen LogP contribution in [-0.2, 0) is 13.3 Å². The van der Waals surface area contributed by atoms with Crippen LogP contribution >= 0.6 is 0 Å².